The number of amides is 1. The minimum Gasteiger partial charge on any atom is -0.356 e. The number of carbonyl (C=O) groups excluding carboxylic acids is 1. The molecular weight excluding hydrogens is 212 g/mol. The van der Waals surface area contributed by atoms with Gasteiger partial charge in [-0.25, -0.2) is 0 Å². The summed E-state index contributed by atoms with van der Waals surface area (Å²) in [5.41, 5.74) is 5.62. The number of nitrogens with one attached hydrogen (secondary N) is 1. The molecule has 3 nitrogen and oxygen atoms in total. The largest absolute Gasteiger partial charge is 0.356 e. The topological polar surface area (TPSA) is 55.1 Å². The summed E-state index contributed by atoms with van der Waals surface area (Å²) in [7, 11) is 0. The third-order valence-electron chi connectivity index (χ3n) is 3.08. The summed E-state index contributed by atoms with van der Waals surface area (Å²) in [5, 5.41) is 3.03. The summed E-state index contributed by atoms with van der Waals surface area (Å²) < 4.78 is 0. The van der Waals surface area contributed by atoms with Crippen LogP contribution in [0.4, 0.5) is 0 Å². The molecule has 0 aromatic carbocycles. The van der Waals surface area contributed by atoms with Gasteiger partial charge in [0.15, 0.2) is 0 Å². The number of carbonyl (C=O) groups is 1. The van der Waals surface area contributed by atoms with Crippen LogP contribution in [0, 0.1) is 5.41 Å². The normalized spacial score (nSPS) is 11.5. The van der Waals surface area contributed by atoms with Crippen LogP contribution in [0.3, 0.4) is 0 Å². The molecule has 3 N–H and O–H groups in total. The minimum absolute atomic E-state index is 0.169. The maximum absolute atomic E-state index is 11.5. The molecule has 0 heterocycles. The SMILES string of the molecule is CCCCCC(C)(C)CNC(=O)CCCCN. The van der Waals surface area contributed by atoms with Crippen molar-refractivity contribution in [2.75, 3.05) is 13.1 Å². The molecule has 0 saturated carbocycles. The highest BCUT2D eigenvalue weighted by atomic mass is 16.1. The van der Waals surface area contributed by atoms with Crippen molar-refractivity contribution in [2.24, 2.45) is 11.1 Å². The van der Waals surface area contributed by atoms with E-state index in [1.54, 1.807) is 0 Å². The van der Waals surface area contributed by atoms with Gasteiger partial charge >= 0.3 is 0 Å². The van der Waals surface area contributed by atoms with Crippen LogP contribution in [0.1, 0.15) is 65.7 Å². The molecule has 0 radical (unpaired) electrons. The van der Waals surface area contributed by atoms with Gasteiger partial charge in [-0.05, 0) is 31.2 Å². The van der Waals surface area contributed by atoms with Gasteiger partial charge in [-0.2, -0.15) is 0 Å². The lowest BCUT2D eigenvalue weighted by atomic mass is 9.87. The quantitative estimate of drug-likeness (QED) is 0.579. The van der Waals surface area contributed by atoms with Crippen molar-refractivity contribution < 1.29 is 4.79 Å². The molecule has 0 aromatic rings. The fourth-order valence-electron chi connectivity index (χ4n) is 1.80. The molecule has 0 saturated heterocycles. The number of nitrogens with two attached hydrogens (primary N) is 1. The molecule has 0 aliphatic rings. The summed E-state index contributed by atoms with van der Waals surface area (Å²) in [6, 6.07) is 0. The third-order valence-corrected chi connectivity index (χ3v) is 3.08. The zero-order chi connectivity index (χ0) is 13.1. The van der Waals surface area contributed by atoms with Gasteiger partial charge < -0.3 is 11.1 Å². The van der Waals surface area contributed by atoms with Crippen LogP contribution in [-0.4, -0.2) is 19.0 Å². The number of rotatable bonds is 10. The van der Waals surface area contributed by atoms with Gasteiger partial charge in [-0.3, -0.25) is 4.79 Å². The van der Waals surface area contributed by atoms with E-state index >= 15 is 0 Å². The van der Waals surface area contributed by atoms with E-state index in [9.17, 15) is 4.79 Å². The highest BCUT2D eigenvalue weighted by molar-refractivity contribution is 5.75. The Hall–Kier alpha value is -0.570. The van der Waals surface area contributed by atoms with Crippen molar-refractivity contribution in [1.29, 1.82) is 0 Å². The van der Waals surface area contributed by atoms with E-state index in [1.807, 2.05) is 0 Å². The molecule has 17 heavy (non-hydrogen) atoms. The van der Waals surface area contributed by atoms with Crippen molar-refractivity contribution in [3.63, 3.8) is 0 Å². The molecule has 102 valence electrons. The Morgan fingerprint density at radius 1 is 1.18 bits per heavy atom. The van der Waals surface area contributed by atoms with Gasteiger partial charge in [0, 0.05) is 13.0 Å². The van der Waals surface area contributed by atoms with Gasteiger partial charge in [-0.15, -0.1) is 0 Å². The van der Waals surface area contributed by atoms with Crippen molar-refractivity contribution in [3.8, 4) is 0 Å². The molecule has 0 rings (SSSR count). The Morgan fingerprint density at radius 2 is 1.88 bits per heavy atom. The van der Waals surface area contributed by atoms with E-state index < -0.39 is 0 Å². The summed E-state index contributed by atoms with van der Waals surface area (Å²) in [6.07, 6.45) is 7.43. The van der Waals surface area contributed by atoms with Crippen LogP contribution < -0.4 is 11.1 Å². The highest BCUT2D eigenvalue weighted by Gasteiger charge is 2.17. The average molecular weight is 242 g/mol. The van der Waals surface area contributed by atoms with Gasteiger partial charge in [0.25, 0.3) is 0 Å². The molecule has 0 spiro atoms. The molecule has 0 aromatic heterocycles. The van der Waals surface area contributed by atoms with E-state index in [1.165, 1.54) is 25.7 Å². The molecule has 0 bridgehead atoms. The Bertz CT molecular complexity index is 202. The fraction of sp³-hybridized carbons (Fsp3) is 0.929. The van der Waals surface area contributed by atoms with Gasteiger partial charge in [-0.1, -0.05) is 40.0 Å². The molecule has 1 amide bonds. The first-order valence-electron chi connectivity index (χ1n) is 6.98. The lowest BCUT2D eigenvalue weighted by Crippen LogP contribution is -2.33. The standard InChI is InChI=1S/C14H30N2O/c1-4-5-7-10-14(2,3)12-16-13(17)9-6-8-11-15/h4-12,15H2,1-3H3,(H,16,17). The van der Waals surface area contributed by atoms with E-state index in [0.717, 1.165) is 19.4 Å². The van der Waals surface area contributed by atoms with Crippen molar-refractivity contribution in [2.45, 2.75) is 65.7 Å². The lowest BCUT2D eigenvalue weighted by molar-refractivity contribution is -0.121. The summed E-state index contributed by atoms with van der Waals surface area (Å²) in [5.74, 6) is 0.169. The third kappa shape index (κ3) is 10.3. The Balaban J connectivity index is 3.65. The van der Waals surface area contributed by atoms with E-state index in [4.69, 9.17) is 5.73 Å². The smallest absolute Gasteiger partial charge is 0.220 e. The van der Waals surface area contributed by atoms with E-state index in [2.05, 4.69) is 26.1 Å². The monoisotopic (exact) mass is 242 g/mol. The van der Waals surface area contributed by atoms with Crippen LogP contribution in [-0.2, 0) is 4.79 Å². The predicted molar refractivity (Wildman–Crippen MR) is 73.8 cm³/mol. The zero-order valence-corrected chi connectivity index (χ0v) is 11.8. The van der Waals surface area contributed by atoms with Gasteiger partial charge in [0.1, 0.15) is 0 Å². The van der Waals surface area contributed by atoms with E-state index in [-0.39, 0.29) is 11.3 Å². The highest BCUT2D eigenvalue weighted by Crippen LogP contribution is 2.22. The first-order valence-corrected chi connectivity index (χ1v) is 6.98. The van der Waals surface area contributed by atoms with Gasteiger partial charge in [0.05, 0.1) is 0 Å². The van der Waals surface area contributed by atoms with Crippen LogP contribution >= 0.6 is 0 Å². The van der Waals surface area contributed by atoms with E-state index in [0.29, 0.717) is 13.0 Å². The second kappa shape index (κ2) is 9.46. The molecule has 0 unspecified atom stereocenters. The van der Waals surface area contributed by atoms with Crippen molar-refractivity contribution in [1.82, 2.24) is 5.32 Å². The molecular formula is C14H30N2O. The molecule has 3 heteroatoms. The number of hydrogen-bond acceptors (Lipinski definition) is 2. The Labute approximate surface area is 107 Å². The maximum atomic E-state index is 11.5. The van der Waals surface area contributed by atoms with Crippen LogP contribution in [0.5, 0.6) is 0 Å². The van der Waals surface area contributed by atoms with Crippen LogP contribution in [0.15, 0.2) is 0 Å². The number of unbranched alkanes of at least 4 members (excludes halogenated alkanes) is 3. The molecule has 0 atom stereocenters. The summed E-state index contributed by atoms with van der Waals surface area (Å²) in [6.45, 7) is 8.13. The minimum atomic E-state index is 0.169. The first-order chi connectivity index (χ1) is 8.02. The zero-order valence-electron chi connectivity index (χ0n) is 11.8. The lowest BCUT2D eigenvalue weighted by Gasteiger charge is -2.25. The molecule has 0 fully saturated rings. The summed E-state index contributed by atoms with van der Waals surface area (Å²) in [4.78, 5) is 11.5. The van der Waals surface area contributed by atoms with Crippen molar-refractivity contribution in [3.05, 3.63) is 0 Å². The molecule has 0 aliphatic heterocycles. The van der Waals surface area contributed by atoms with Gasteiger partial charge in [0.2, 0.25) is 5.91 Å². The van der Waals surface area contributed by atoms with Crippen LogP contribution in [0.25, 0.3) is 0 Å². The maximum Gasteiger partial charge on any atom is 0.220 e. The Morgan fingerprint density at radius 3 is 2.47 bits per heavy atom. The van der Waals surface area contributed by atoms with Crippen LogP contribution in [0.2, 0.25) is 0 Å². The second-order valence-corrected chi connectivity index (χ2v) is 5.64. The summed E-state index contributed by atoms with van der Waals surface area (Å²) >= 11 is 0. The fourth-order valence-corrected chi connectivity index (χ4v) is 1.80. The number of hydrogen-bond donors (Lipinski definition) is 2. The Kier molecular flexibility index (Phi) is 9.14. The average Bonchev–Trinajstić information content (AvgIpc) is 2.27. The van der Waals surface area contributed by atoms with Crippen molar-refractivity contribution >= 4 is 5.91 Å². The second-order valence-electron chi connectivity index (χ2n) is 5.64. The predicted octanol–water partition coefficient (Wildman–Crippen LogP) is 2.84. The first kappa shape index (κ1) is 16.4. The molecule has 0 aliphatic carbocycles.